The zero-order chi connectivity index (χ0) is 18.8. The zero-order valence-electron chi connectivity index (χ0n) is 13.5. The van der Waals surface area contributed by atoms with Crippen LogP contribution in [0, 0.1) is 11.3 Å². The van der Waals surface area contributed by atoms with Gasteiger partial charge in [0, 0.05) is 11.8 Å². The van der Waals surface area contributed by atoms with Crippen molar-refractivity contribution in [1.82, 2.24) is 14.6 Å². The van der Waals surface area contributed by atoms with E-state index >= 15 is 0 Å². The Morgan fingerprint density at radius 3 is 2.85 bits per heavy atom. The van der Waals surface area contributed by atoms with E-state index in [1.807, 2.05) is 0 Å². The third kappa shape index (κ3) is 3.10. The first-order valence-electron chi connectivity index (χ1n) is 7.36. The minimum Gasteiger partial charge on any atom is -0.479 e. The number of alkyl halides is 2. The zero-order valence-corrected chi connectivity index (χ0v) is 13.5. The predicted octanol–water partition coefficient (Wildman–Crippen LogP) is 3.47. The number of rotatable bonds is 6. The largest absolute Gasteiger partial charge is 0.479 e. The summed E-state index contributed by atoms with van der Waals surface area (Å²) in [5, 5.41) is 9.49. The van der Waals surface area contributed by atoms with Crippen molar-refractivity contribution < 1.29 is 17.9 Å². The number of nitrogen functional groups attached to an aromatic ring is 1. The third-order valence-corrected chi connectivity index (χ3v) is 3.62. The molecule has 0 aliphatic heterocycles. The fourth-order valence-corrected chi connectivity index (χ4v) is 2.57. The van der Waals surface area contributed by atoms with Gasteiger partial charge in [-0.2, -0.15) is 10.1 Å². The Morgan fingerprint density at radius 2 is 2.19 bits per heavy atom. The van der Waals surface area contributed by atoms with E-state index in [2.05, 4.69) is 20.5 Å². The smallest absolute Gasteiger partial charge is 0.255 e. The van der Waals surface area contributed by atoms with Crippen LogP contribution in [0.2, 0.25) is 0 Å². The number of hydrogen-bond acceptors (Lipinski definition) is 7. The summed E-state index contributed by atoms with van der Waals surface area (Å²) in [6.45, 7) is -0.703. The molecule has 136 valence electrons. The van der Waals surface area contributed by atoms with Crippen LogP contribution in [-0.2, 0) is 0 Å². The third-order valence-electron chi connectivity index (χ3n) is 3.62. The maximum absolute atomic E-state index is 14.3. The molecule has 0 saturated heterocycles. The highest BCUT2D eigenvalue weighted by atomic mass is 19.3. The summed E-state index contributed by atoms with van der Waals surface area (Å²) in [5.74, 6) is -0.663. The van der Waals surface area contributed by atoms with E-state index in [4.69, 9.17) is 16.0 Å². The number of hydrogen-bond donors (Lipinski definition) is 3. The molecule has 2 aromatic heterocycles. The molecule has 0 bridgehead atoms. The lowest BCUT2D eigenvalue weighted by Gasteiger charge is -2.12. The summed E-state index contributed by atoms with van der Waals surface area (Å²) >= 11 is 0. The van der Waals surface area contributed by atoms with Crippen molar-refractivity contribution in [3.63, 3.8) is 0 Å². The van der Waals surface area contributed by atoms with E-state index in [0.29, 0.717) is 16.6 Å². The monoisotopic (exact) mass is 365 g/mol. The standard InChI is InChI=1S/C15H14F3N7O/c1-26-14-13-8(2-3-25(13)24-15(19)22-14)7-4-9(16)12(23-20)10(5-7)21-6-11(17)18/h2-5,11,20-21H,6H2,1H3,(H2,19,24). The Labute approximate surface area is 145 Å². The average Bonchev–Trinajstić information content (AvgIpc) is 3.02. The molecule has 0 aliphatic rings. The van der Waals surface area contributed by atoms with Crippen LogP contribution in [-0.4, -0.2) is 34.7 Å². The SMILES string of the molecule is COc1nc(N)nn2ccc(-c3cc(F)c(N=N)c(NCC(F)F)c3)c12. The van der Waals surface area contributed by atoms with Crippen LogP contribution in [0.15, 0.2) is 29.5 Å². The number of anilines is 2. The first-order valence-corrected chi connectivity index (χ1v) is 7.36. The first kappa shape index (κ1) is 17.5. The molecule has 2 heterocycles. The Kier molecular flexibility index (Phi) is 4.61. The van der Waals surface area contributed by atoms with Crippen molar-refractivity contribution in [2.45, 2.75) is 6.43 Å². The number of aromatic nitrogens is 3. The molecule has 1 aromatic carbocycles. The van der Waals surface area contributed by atoms with Crippen LogP contribution < -0.4 is 15.8 Å². The van der Waals surface area contributed by atoms with Crippen molar-refractivity contribution in [3.8, 4) is 17.0 Å². The lowest BCUT2D eigenvalue weighted by Crippen LogP contribution is -2.10. The molecule has 0 aliphatic carbocycles. The lowest BCUT2D eigenvalue weighted by molar-refractivity contribution is 0.163. The Morgan fingerprint density at radius 1 is 1.42 bits per heavy atom. The molecular formula is C15H14F3N7O. The number of halogens is 3. The number of nitrogens with one attached hydrogen (secondary N) is 2. The number of nitrogens with two attached hydrogens (primary N) is 1. The van der Waals surface area contributed by atoms with E-state index in [1.165, 1.54) is 17.7 Å². The van der Waals surface area contributed by atoms with Crippen molar-refractivity contribution in [1.29, 1.82) is 5.53 Å². The van der Waals surface area contributed by atoms with Gasteiger partial charge in [0.1, 0.15) is 11.2 Å². The predicted molar refractivity (Wildman–Crippen MR) is 88.6 cm³/mol. The molecule has 0 saturated carbocycles. The highest BCUT2D eigenvalue weighted by Crippen LogP contribution is 2.37. The van der Waals surface area contributed by atoms with Gasteiger partial charge in [0.2, 0.25) is 11.8 Å². The Balaban J connectivity index is 2.18. The van der Waals surface area contributed by atoms with Gasteiger partial charge in [-0.3, -0.25) is 0 Å². The Hall–Kier alpha value is -3.37. The minimum atomic E-state index is -2.65. The minimum absolute atomic E-state index is 0.00896. The van der Waals surface area contributed by atoms with E-state index in [0.717, 1.165) is 6.07 Å². The molecule has 0 atom stereocenters. The van der Waals surface area contributed by atoms with Crippen molar-refractivity contribution >= 4 is 22.8 Å². The van der Waals surface area contributed by atoms with E-state index in [1.54, 1.807) is 12.3 Å². The second-order valence-electron chi connectivity index (χ2n) is 5.24. The van der Waals surface area contributed by atoms with Crippen molar-refractivity contribution in [3.05, 3.63) is 30.2 Å². The molecular weight excluding hydrogens is 351 g/mol. The highest BCUT2D eigenvalue weighted by molar-refractivity contribution is 5.87. The molecule has 0 fully saturated rings. The molecule has 3 aromatic rings. The second-order valence-corrected chi connectivity index (χ2v) is 5.24. The summed E-state index contributed by atoms with van der Waals surface area (Å²) in [5.41, 5.74) is 13.6. The van der Waals surface area contributed by atoms with Gasteiger partial charge < -0.3 is 15.8 Å². The van der Waals surface area contributed by atoms with Gasteiger partial charge in [-0.05, 0) is 23.8 Å². The lowest BCUT2D eigenvalue weighted by atomic mass is 10.0. The summed E-state index contributed by atoms with van der Waals surface area (Å²) in [6, 6.07) is 4.20. The maximum atomic E-state index is 14.3. The normalized spacial score (nSPS) is 11.1. The number of nitrogens with zero attached hydrogens (tertiary/aromatic N) is 4. The topological polar surface area (TPSA) is 114 Å². The molecule has 0 unspecified atom stereocenters. The summed E-state index contributed by atoms with van der Waals surface area (Å²) in [7, 11) is 1.40. The summed E-state index contributed by atoms with van der Waals surface area (Å²) in [4.78, 5) is 3.98. The van der Waals surface area contributed by atoms with Crippen LogP contribution >= 0.6 is 0 Å². The molecule has 11 heteroatoms. The van der Waals surface area contributed by atoms with Crippen LogP contribution in [0.4, 0.5) is 30.5 Å². The van der Waals surface area contributed by atoms with Gasteiger partial charge in [-0.25, -0.2) is 23.2 Å². The van der Waals surface area contributed by atoms with Crippen LogP contribution in [0.1, 0.15) is 0 Å². The van der Waals surface area contributed by atoms with E-state index in [9.17, 15) is 13.2 Å². The number of fused-ring (bicyclic) bond motifs is 1. The van der Waals surface area contributed by atoms with Gasteiger partial charge in [-0.15, -0.1) is 5.10 Å². The van der Waals surface area contributed by atoms with Crippen molar-refractivity contribution in [2.24, 2.45) is 5.11 Å². The molecule has 8 nitrogen and oxygen atoms in total. The molecule has 0 amide bonds. The molecule has 0 spiro atoms. The number of benzene rings is 1. The Bertz CT molecular complexity index is 974. The van der Waals surface area contributed by atoms with Crippen LogP contribution in [0.25, 0.3) is 16.6 Å². The van der Waals surface area contributed by atoms with Crippen LogP contribution in [0.3, 0.4) is 0 Å². The van der Waals surface area contributed by atoms with Gasteiger partial charge >= 0.3 is 0 Å². The number of ether oxygens (including phenoxy) is 1. The highest BCUT2D eigenvalue weighted by Gasteiger charge is 2.18. The molecule has 3 rings (SSSR count). The summed E-state index contributed by atoms with van der Waals surface area (Å²) in [6.07, 6.45) is -1.06. The summed E-state index contributed by atoms with van der Waals surface area (Å²) < 4.78 is 46.0. The fraction of sp³-hybridized carbons (Fsp3) is 0.200. The average molecular weight is 365 g/mol. The first-order chi connectivity index (χ1) is 12.4. The number of methoxy groups -OCH3 is 1. The fourth-order valence-electron chi connectivity index (χ4n) is 2.57. The molecule has 4 N–H and O–H groups in total. The van der Waals surface area contributed by atoms with Gasteiger partial charge in [0.25, 0.3) is 6.43 Å². The second kappa shape index (κ2) is 6.86. The van der Waals surface area contributed by atoms with Gasteiger partial charge in [0.05, 0.1) is 19.3 Å². The molecule has 26 heavy (non-hydrogen) atoms. The quantitative estimate of drug-likeness (QED) is 0.579. The van der Waals surface area contributed by atoms with Crippen molar-refractivity contribution in [2.75, 3.05) is 24.7 Å². The van der Waals surface area contributed by atoms with Gasteiger partial charge in [0.15, 0.2) is 5.82 Å². The maximum Gasteiger partial charge on any atom is 0.255 e. The van der Waals surface area contributed by atoms with Gasteiger partial charge in [-0.1, -0.05) is 0 Å². The van der Waals surface area contributed by atoms with E-state index in [-0.39, 0.29) is 23.2 Å². The van der Waals surface area contributed by atoms with E-state index < -0.39 is 18.8 Å². The molecule has 0 radical (unpaired) electrons. The van der Waals surface area contributed by atoms with Crippen LogP contribution in [0.5, 0.6) is 5.88 Å².